The van der Waals surface area contributed by atoms with Gasteiger partial charge in [-0.1, -0.05) is 18.2 Å². The van der Waals surface area contributed by atoms with Crippen molar-refractivity contribution in [3.05, 3.63) is 30.3 Å². The van der Waals surface area contributed by atoms with Crippen LogP contribution in [0.4, 0.5) is 5.69 Å². The van der Waals surface area contributed by atoms with Crippen molar-refractivity contribution in [2.75, 3.05) is 25.6 Å². The number of fused-ring (bicyclic) bond motifs is 1. The number of hydrogen-bond acceptors (Lipinski definition) is 4. The monoisotopic (exact) mass is 291 g/mol. The molecule has 1 aliphatic carbocycles. The van der Waals surface area contributed by atoms with Gasteiger partial charge in [0, 0.05) is 25.3 Å². The third-order valence-corrected chi connectivity index (χ3v) is 4.86. The molecule has 0 aromatic heterocycles. The normalized spacial score (nSPS) is 36.0. The zero-order valence-corrected chi connectivity index (χ0v) is 12.6. The van der Waals surface area contributed by atoms with Crippen molar-refractivity contribution >= 4 is 5.69 Å². The predicted molar refractivity (Wildman–Crippen MR) is 82.4 cm³/mol. The van der Waals surface area contributed by atoms with Gasteiger partial charge in [0.05, 0.1) is 18.8 Å². The summed E-state index contributed by atoms with van der Waals surface area (Å²) in [7, 11) is 1.72. The molecule has 0 radical (unpaired) electrons. The lowest BCUT2D eigenvalue weighted by atomic mass is 9.69. The summed E-state index contributed by atoms with van der Waals surface area (Å²) in [6.07, 6.45) is 3.55. The molecular formula is C17H25NO3. The molecule has 0 unspecified atom stereocenters. The minimum atomic E-state index is -0.796. The largest absolute Gasteiger partial charge is 0.385 e. The first-order valence-electron chi connectivity index (χ1n) is 7.88. The van der Waals surface area contributed by atoms with Crippen LogP contribution in [0, 0.1) is 5.92 Å². The van der Waals surface area contributed by atoms with Crippen LogP contribution < -0.4 is 5.32 Å². The summed E-state index contributed by atoms with van der Waals surface area (Å²) in [6, 6.07) is 10.2. The zero-order valence-electron chi connectivity index (χ0n) is 12.6. The molecule has 4 nitrogen and oxygen atoms in total. The first-order chi connectivity index (χ1) is 10.2. The van der Waals surface area contributed by atoms with E-state index in [2.05, 4.69) is 5.32 Å². The van der Waals surface area contributed by atoms with Gasteiger partial charge in [0.1, 0.15) is 5.60 Å². The number of rotatable bonds is 4. The molecule has 21 heavy (non-hydrogen) atoms. The highest BCUT2D eigenvalue weighted by atomic mass is 16.5. The molecule has 1 aromatic carbocycles. The Morgan fingerprint density at radius 2 is 2.14 bits per heavy atom. The van der Waals surface area contributed by atoms with Crippen LogP contribution in [0.25, 0.3) is 0 Å². The van der Waals surface area contributed by atoms with Crippen LogP contribution in [0.2, 0.25) is 0 Å². The van der Waals surface area contributed by atoms with Crippen LogP contribution in [0.15, 0.2) is 30.3 Å². The predicted octanol–water partition coefficient (Wildman–Crippen LogP) is 2.43. The van der Waals surface area contributed by atoms with Crippen molar-refractivity contribution in [3.63, 3.8) is 0 Å². The van der Waals surface area contributed by atoms with Crippen molar-refractivity contribution in [1.29, 1.82) is 0 Å². The Bertz CT molecular complexity index is 453. The van der Waals surface area contributed by atoms with Gasteiger partial charge in [-0.2, -0.15) is 0 Å². The first kappa shape index (κ1) is 14.8. The van der Waals surface area contributed by atoms with Crippen LogP contribution >= 0.6 is 0 Å². The van der Waals surface area contributed by atoms with E-state index in [1.54, 1.807) is 7.11 Å². The lowest BCUT2D eigenvalue weighted by Gasteiger charge is -2.51. The summed E-state index contributed by atoms with van der Waals surface area (Å²) >= 11 is 0. The van der Waals surface area contributed by atoms with Crippen LogP contribution in [0.3, 0.4) is 0 Å². The molecule has 4 atom stereocenters. The molecule has 1 aliphatic heterocycles. The van der Waals surface area contributed by atoms with Crippen LogP contribution in [0.5, 0.6) is 0 Å². The van der Waals surface area contributed by atoms with E-state index in [9.17, 15) is 5.11 Å². The van der Waals surface area contributed by atoms with Gasteiger partial charge < -0.3 is 19.9 Å². The molecule has 1 heterocycles. The highest BCUT2D eigenvalue weighted by molar-refractivity contribution is 5.44. The van der Waals surface area contributed by atoms with Crippen molar-refractivity contribution in [3.8, 4) is 0 Å². The molecule has 2 aliphatic rings. The van der Waals surface area contributed by atoms with Gasteiger partial charge >= 0.3 is 0 Å². The second-order valence-corrected chi connectivity index (χ2v) is 6.24. The first-order valence-corrected chi connectivity index (χ1v) is 7.88. The Labute approximate surface area is 126 Å². The van der Waals surface area contributed by atoms with E-state index in [4.69, 9.17) is 9.47 Å². The summed E-state index contributed by atoms with van der Waals surface area (Å²) < 4.78 is 11.3. The fraction of sp³-hybridized carbons (Fsp3) is 0.647. The van der Waals surface area contributed by atoms with E-state index in [-0.39, 0.29) is 18.1 Å². The average molecular weight is 291 g/mol. The minimum absolute atomic E-state index is 0.0401. The summed E-state index contributed by atoms with van der Waals surface area (Å²) in [6.45, 7) is 1.40. The van der Waals surface area contributed by atoms with Crippen molar-refractivity contribution in [2.45, 2.75) is 43.4 Å². The number of methoxy groups -OCH3 is 1. The third-order valence-electron chi connectivity index (χ3n) is 4.86. The molecule has 1 aromatic rings. The quantitative estimate of drug-likeness (QED) is 0.894. The highest BCUT2D eigenvalue weighted by Crippen LogP contribution is 2.42. The minimum Gasteiger partial charge on any atom is -0.385 e. The second-order valence-electron chi connectivity index (χ2n) is 6.24. The van der Waals surface area contributed by atoms with E-state index in [1.807, 2.05) is 30.3 Å². The van der Waals surface area contributed by atoms with Gasteiger partial charge in [0.2, 0.25) is 0 Å². The highest BCUT2D eigenvalue weighted by Gasteiger charge is 2.52. The van der Waals surface area contributed by atoms with Gasteiger partial charge in [-0.25, -0.2) is 0 Å². The summed E-state index contributed by atoms with van der Waals surface area (Å²) in [5, 5.41) is 14.8. The maximum Gasteiger partial charge on any atom is 0.111 e. The van der Waals surface area contributed by atoms with Gasteiger partial charge in [0.25, 0.3) is 0 Å². The lowest BCUT2D eigenvalue weighted by Crippen LogP contribution is -2.64. The van der Waals surface area contributed by atoms with Gasteiger partial charge in [0.15, 0.2) is 0 Å². The van der Waals surface area contributed by atoms with Crippen molar-refractivity contribution < 1.29 is 14.6 Å². The molecule has 3 rings (SSSR count). The molecule has 4 heteroatoms. The number of benzene rings is 1. The molecule has 0 amide bonds. The number of aliphatic hydroxyl groups is 1. The SMILES string of the molecule is COC[C@@H]1CC[C@@H](Nc2ccccc2)[C@]2(O)CCCO[C@H]12. The van der Waals surface area contributed by atoms with E-state index in [0.717, 1.165) is 38.0 Å². The molecule has 116 valence electrons. The lowest BCUT2D eigenvalue weighted by molar-refractivity contribution is -0.196. The summed E-state index contributed by atoms with van der Waals surface area (Å²) in [5.41, 5.74) is 0.264. The van der Waals surface area contributed by atoms with E-state index >= 15 is 0 Å². The fourth-order valence-electron chi connectivity index (χ4n) is 3.87. The Balaban J connectivity index is 1.78. The van der Waals surface area contributed by atoms with E-state index < -0.39 is 5.60 Å². The topological polar surface area (TPSA) is 50.7 Å². The van der Waals surface area contributed by atoms with E-state index in [1.165, 1.54) is 0 Å². The molecule has 1 saturated heterocycles. The smallest absolute Gasteiger partial charge is 0.111 e. The van der Waals surface area contributed by atoms with Crippen molar-refractivity contribution in [2.24, 2.45) is 5.92 Å². The summed E-state index contributed by atoms with van der Waals surface area (Å²) in [4.78, 5) is 0. The zero-order chi connectivity index (χ0) is 14.7. The van der Waals surface area contributed by atoms with Gasteiger partial charge in [-0.3, -0.25) is 0 Å². The number of nitrogens with one attached hydrogen (secondary N) is 1. The molecule has 2 fully saturated rings. The number of hydrogen-bond donors (Lipinski definition) is 2. The van der Waals surface area contributed by atoms with Crippen molar-refractivity contribution in [1.82, 2.24) is 0 Å². The Morgan fingerprint density at radius 3 is 2.90 bits per heavy atom. The maximum absolute atomic E-state index is 11.3. The average Bonchev–Trinajstić information content (AvgIpc) is 2.51. The molecule has 1 saturated carbocycles. The molecule has 2 N–H and O–H groups in total. The third kappa shape index (κ3) is 2.93. The van der Waals surface area contributed by atoms with Crippen LogP contribution in [-0.4, -0.2) is 43.2 Å². The number of ether oxygens (including phenoxy) is 2. The van der Waals surface area contributed by atoms with Gasteiger partial charge in [-0.05, 0) is 37.8 Å². The molecule has 0 bridgehead atoms. The fourth-order valence-corrected chi connectivity index (χ4v) is 3.87. The number of anilines is 1. The second kappa shape index (κ2) is 6.34. The van der Waals surface area contributed by atoms with Gasteiger partial charge in [-0.15, -0.1) is 0 Å². The maximum atomic E-state index is 11.3. The molecule has 0 spiro atoms. The van der Waals surface area contributed by atoms with Crippen LogP contribution in [0.1, 0.15) is 25.7 Å². The summed E-state index contributed by atoms with van der Waals surface area (Å²) in [5.74, 6) is 0.286. The number of para-hydroxylation sites is 1. The Hall–Kier alpha value is -1.10. The Kier molecular flexibility index (Phi) is 4.48. The van der Waals surface area contributed by atoms with E-state index in [0.29, 0.717) is 6.61 Å². The standard InChI is InChI=1S/C17H25NO3/c1-20-12-13-8-9-15(18-14-6-3-2-4-7-14)17(19)10-5-11-21-16(13)17/h2-4,6-7,13,15-16,18-19H,5,8-12H2,1H3/t13-,15+,16+,17+/m0/s1. The molecular weight excluding hydrogens is 266 g/mol. The van der Waals surface area contributed by atoms with Crippen LogP contribution in [-0.2, 0) is 9.47 Å². The Morgan fingerprint density at radius 1 is 1.33 bits per heavy atom.